The lowest BCUT2D eigenvalue weighted by Gasteiger charge is -2.20. The van der Waals surface area contributed by atoms with Crippen molar-refractivity contribution in [1.82, 2.24) is 5.32 Å². The van der Waals surface area contributed by atoms with Gasteiger partial charge >= 0.3 is 0 Å². The highest BCUT2D eigenvalue weighted by Crippen LogP contribution is 2.24. The first kappa shape index (κ1) is 17.3. The van der Waals surface area contributed by atoms with Gasteiger partial charge < -0.3 is 14.5 Å². The number of methoxy groups -OCH3 is 1. The Hall–Kier alpha value is -2.07. The maximum absolute atomic E-state index is 12.2. The fraction of sp³-hybridized carbons (Fsp3) is 0.421. The van der Waals surface area contributed by atoms with Crippen LogP contribution in [-0.4, -0.2) is 13.0 Å². The van der Waals surface area contributed by atoms with Crippen molar-refractivity contribution in [2.24, 2.45) is 0 Å². The predicted octanol–water partition coefficient (Wildman–Crippen LogP) is 4.21. The Morgan fingerprint density at radius 3 is 2.39 bits per heavy atom. The minimum Gasteiger partial charge on any atom is -0.453 e. The van der Waals surface area contributed by atoms with Crippen LogP contribution in [0.15, 0.2) is 40.8 Å². The molecule has 124 valence electrons. The molecule has 0 saturated heterocycles. The average Bonchev–Trinajstić information content (AvgIpc) is 2.95. The summed E-state index contributed by atoms with van der Waals surface area (Å²) in [6, 6.07) is 11.7. The van der Waals surface area contributed by atoms with Crippen LogP contribution >= 0.6 is 0 Å². The van der Waals surface area contributed by atoms with E-state index in [4.69, 9.17) is 9.15 Å². The molecular formula is C19H25NO3. The van der Waals surface area contributed by atoms with Gasteiger partial charge in [-0.1, -0.05) is 45.0 Å². The van der Waals surface area contributed by atoms with E-state index in [1.807, 2.05) is 6.92 Å². The lowest BCUT2D eigenvalue weighted by molar-refractivity contribution is 0.0903. The molecule has 1 N–H and O–H groups in total. The molecule has 0 saturated carbocycles. The first-order chi connectivity index (χ1) is 10.8. The summed E-state index contributed by atoms with van der Waals surface area (Å²) in [5.74, 6) is 0.717. The molecule has 23 heavy (non-hydrogen) atoms. The summed E-state index contributed by atoms with van der Waals surface area (Å²) in [6.07, 6.45) is 0. The van der Waals surface area contributed by atoms with Crippen molar-refractivity contribution in [3.8, 4) is 0 Å². The summed E-state index contributed by atoms with van der Waals surface area (Å²) >= 11 is 0. The molecule has 1 aromatic heterocycles. The molecule has 2 rings (SSSR count). The Kier molecular flexibility index (Phi) is 5.26. The normalized spacial score (nSPS) is 12.9. The van der Waals surface area contributed by atoms with Gasteiger partial charge in [-0.25, -0.2) is 0 Å². The second-order valence-corrected chi connectivity index (χ2v) is 6.77. The van der Waals surface area contributed by atoms with E-state index in [2.05, 4.69) is 50.4 Å². The number of carbonyl (C=O) groups is 1. The molecule has 0 aliphatic rings. The SMILES string of the molecule is COCc1ccc(C(=O)NC(C)c2ccc(C(C)(C)C)cc2)o1. The standard InChI is InChI=1S/C19H25NO3/c1-13(14-6-8-15(9-7-14)19(2,3)4)20-18(21)17-11-10-16(23-17)12-22-5/h6-11,13H,12H2,1-5H3,(H,20,21). The second-order valence-electron chi connectivity index (χ2n) is 6.77. The van der Waals surface area contributed by atoms with E-state index in [1.54, 1.807) is 19.2 Å². The van der Waals surface area contributed by atoms with Crippen molar-refractivity contribution < 1.29 is 13.9 Å². The molecule has 4 heteroatoms. The summed E-state index contributed by atoms with van der Waals surface area (Å²) in [4.78, 5) is 12.2. The number of amides is 1. The van der Waals surface area contributed by atoms with Crippen LogP contribution < -0.4 is 5.32 Å². The minimum atomic E-state index is -0.222. The molecule has 2 aromatic rings. The van der Waals surface area contributed by atoms with Crippen LogP contribution in [0.3, 0.4) is 0 Å². The third-order valence-corrected chi connectivity index (χ3v) is 3.80. The van der Waals surface area contributed by atoms with Crippen LogP contribution in [-0.2, 0) is 16.8 Å². The molecule has 0 bridgehead atoms. The molecule has 1 aromatic carbocycles. The number of nitrogens with one attached hydrogen (secondary N) is 1. The minimum absolute atomic E-state index is 0.0903. The summed E-state index contributed by atoms with van der Waals surface area (Å²) in [6.45, 7) is 8.87. The van der Waals surface area contributed by atoms with Gasteiger partial charge in [0.05, 0.1) is 6.04 Å². The van der Waals surface area contributed by atoms with E-state index in [1.165, 1.54) is 5.56 Å². The number of hydrogen-bond donors (Lipinski definition) is 1. The van der Waals surface area contributed by atoms with Crippen LogP contribution in [0.4, 0.5) is 0 Å². The summed E-state index contributed by atoms with van der Waals surface area (Å²) in [5.41, 5.74) is 2.46. The average molecular weight is 315 g/mol. The van der Waals surface area contributed by atoms with Crippen molar-refractivity contribution in [2.75, 3.05) is 7.11 Å². The van der Waals surface area contributed by atoms with Crippen molar-refractivity contribution in [3.05, 3.63) is 59.0 Å². The molecule has 0 fully saturated rings. The summed E-state index contributed by atoms with van der Waals surface area (Å²) < 4.78 is 10.4. The highest BCUT2D eigenvalue weighted by atomic mass is 16.5. The van der Waals surface area contributed by atoms with Gasteiger partial charge in [-0.15, -0.1) is 0 Å². The number of benzene rings is 1. The molecule has 1 amide bonds. The second kappa shape index (κ2) is 7.01. The van der Waals surface area contributed by atoms with E-state index in [0.717, 1.165) is 5.56 Å². The molecule has 1 unspecified atom stereocenters. The Labute approximate surface area is 137 Å². The van der Waals surface area contributed by atoms with Crippen LogP contribution in [0.1, 0.15) is 61.2 Å². The van der Waals surface area contributed by atoms with E-state index in [9.17, 15) is 4.79 Å². The van der Waals surface area contributed by atoms with Crippen LogP contribution in [0, 0.1) is 0 Å². The first-order valence-corrected chi connectivity index (χ1v) is 7.80. The number of hydrogen-bond acceptors (Lipinski definition) is 3. The van der Waals surface area contributed by atoms with E-state index in [0.29, 0.717) is 18.1 Å². The summed E-state index contributed by atoms with van der Waals surface area (Å²) in [7, 11) is 1.59. The summed E-state index contributed by atoms with van der Waals surface area (Å²) in [5, 5.41) is 2.95. The maximum atomic E-state index is 12.2. The molecule has 1 atom stereocenters. The topological polar surface area (TPSA) is 51.5 Å². The van der Waals surface area contributed by atoms with E-state index < -0.39 is 0 Å². The zero-order valence-electron chi connectivity index (χ0n) is 14.5. The van der Waals surface area contributed by atoms with Gasteiger partial charge in [0.1, 0.15) is 12.4 Å². The first-order valence-electron chi connectivity index (χ1n) is 7.80. The highest BCUT2D eigenvalue weighted by Gasteiger charge is 2.17. The Bertz CT molecular complexity index is 650. The Morgan fingerprint density at radius 2 is 1.83 bits per heavy atom. The molecule has 0 radical (unpaired) electrons. The fourth-order valence-corrected chi connectivity index (χ4v) is 2.34. The number of ether oxygens (including phenoxy) is 1. The maximum Gasteiger partial charge on any atom is 0.287 e. The molecule has 0 aliphatic heterocycles. The van der Waals surface area contributed by atoms with E-state index in [-0.39, 0.29) is 17.4 Å². The van der Waals surface area contributed by atoms with Crippen molar-refractivity contribution >= 4 is 5.91 Å². The van der Waals surface area contributed by atoms with Gasteiger partial charge in [0.15, 0.2) is 5.76 Å². The fourth-order valence-electron chi connectivity index (χ4n) is 2.34. The Balaban J connectivity index is 2.02. The van der Waals surface area contributed by atoms with Crippen molar-refractivity contribution in [2.45, 2.75) is 45.8 Å². The lowest BCUT2D eigenvalue weighted by atomic mass is 9.86. The molecule has 1 heterocycles. The van der Waals surface area contributed by atoms with Gasteiger partial charge in [-0.3, -0.25) is 4.79 Å². The van der Waals surface area contributed by atoms with Crippen molar-refractivity contribution in [1.29, 1.82) is 0 Å². The van der Waals surface area contributed by atoms with E-state index >= 15 is 0 Å². The van der Waals surface area contributed by atoms with Gasteiger partial charge in [-0.2, -0.15) is 0 Å². The molecule has 4 nitrogen and oxygen atoms in total. The van der Waals surface area contributed by atoms with Crippen LogP contribution in [0.5, 0.6) is 0 Å². The molecule has 0 aliphatic carbocycles. The quantitative estimate of drug-likeness (QED) is 0.899. The monoisotopic (exact) mass is 315 g/mol. The highest BCUT2D eigenvalue weighted by molar-refractivity contribution is 5.91. The van der Waals surface area contributed by atoms with Gasteiger partial charge in [0, 0.05) is 7.11 Å². The third kappa shape index (κ3) is 4.45. The number of rotatable bonds is 5. The third-order valence-electron chi connectivity index (χ3n) is 3.80. The zero-order chi connectivity index (χ0) is 17.0. The molecular weight excluding hydrogens is 290 g/mol. The van der Waals surface area contributed by atoms with Gasteiger partial charge in [-0.05, 0) is 35.6 Å². The zero-order valence-corrected chi connectivity index (χ0v) is 14.5. The predicted molar refractivity (Wildman–Crippen MR) is 90.4 cm³/mol. The lowest BCUT2D eigenvalue weighted by Crippen LogP contribution is -2.26. The Morgan fingerprint density at radius 1 is 1.17 bits per heavy atom. The smallest absolute Gasteiger partial charge is 0.287 e. The van der Waals surface area contributed by atoms with Crippen LogP contribution in [0.2, 0.25) is 0 Å². The number of carbonyl (C=O) groups excluding carboxylic acids is 1. The van der Waals surface area contributed by atoms with Crippen molar-refractivity contribution in [3.63, 3.8) is 0 Å². The molecule has 0 spiro atoms. The van der Waals surface area contributed by atoms with Crippen LogP contribution in [0.25, 0.3) is 0 Å². The number of furan rings is 1. The van der Waals surface area contributed by atoms with Gasteiger partial charge in [0.2, 0.25) is 0 Å². The largest absolute Gasteiger partial charge is 0.453 e. The van der Waals surface area contributed by atoms with Gasteiger partial charge in [0.25, 0.3) is 5.91 Å².